The highest BCUT2D eigenvalue weighted by Gasteiger charge is 2.04. The van der Waals surface area contributed by atoms with E-state index in [2.05, 4.69) is 32.7 Å². The van der Waals surface area contributed by atoms with Crippen molar-refractivity contribution in [3.63, 3.8) is 0 Å². The molecule has 0 amide bonds. The number of halogens is 2. The van der Waals surface area contributed by atoms with Crippen molar-refractivity contribution in [2.45, 2.75) is 12.8 Å². The van der Waals surface area contributed by atoms with Gasteiger partial charge in [-0.2, -0.15) is 0 Å². The smallest absolute Gasteiger partial charge is 0.190 e. The molecule has 0 aliphatic carbocycles. The molecule has 0 saturated heterocycles. The fourth-order valence-corrected chi connectivity index (χ4v) is 2.96. The molecule has 6 heteroatoms. The molecule has 0 aliphatic heterocycles. The normalized spacial score (nSPS) is 11.7. The number of para-hydroxylation sites is 1. The molecule has 0 atom stereocenters. The van der Waals surface area contributed by atoms with Crippen LogP contribution in [-0.4, -0.2) is 31.1 Å². The van der Waals surface area contributed by atoms with Crippen LogP contribution >= 0.6 is 0 Å². The Balaban J connectivity index is 1.46. The lowest BCUT2D eigenvalue weighted by atomic mass is 10.1. The lowest BCUT2D eigenvalue weighted by molar-refractivity contribution is 0.579. The minimum atomic E-state index is -0.554. The number of aliphatic imine (C=N–C) groups is 1. The fourth-order valence-electron chi connectivity index (χ4n) is 2.96. The first-order valence-electron chi connectivity index (χ1n) is 8.60. The van der Waals surface area contributed by atoms with Crippen LogP contribution in [0.4, 0.5) is 8.78 Å². The molecule has 1 heterocycles. The lowest BCUT2D eigenvalue weighted by Gasteiger charge is -2.12. The quantitative estimate of drug-likeness (QED) is 0.468. The average molecular weight is 356 g/mol. The van der Waals surface area contributed by atoms with E-state index >= 15 is 0 Å². The first kappa shape index (κ1) is 17.9. The highest BCUT2D eigenvalue weighted by atomic mass is 19.1. The Hall–Kier alpha value is -2.89. The summed E-state index contributed by atoms with van der Waals surface area (Å²) in [6.07, 6.45) is 3.40. The van der Waals surface area contributed by atoms with Gasteiger partial charge in [0.05, 0.1) is 0 Å². The second kappa shape index (κ2) is 8.47. The Labute approximate surface area is 151 Å². The maximum Gasteiger partial charge on any atom is 0.190 e. The summed E-state index contributed by atoms with van der Waals surface area (Å²) in [6.45, 7) is 1.27. The van der Waals surface area contributed by atoms with Crippen LogP contribution in [0.5, 0.6) is 0 Å². The van der Waals surface area contributed by atoms with Crippen molar-refractivity contribution in [1.29, 1.82) is 0 Å². The van der Waals surface area contributed by atoms with Crippen molar-refractivity contribution < 1.29 is 8.78 Å². The van der Waals surface area contributed by atoms with Gasteiger partial charge in [-0.15, -0.1) is 0 Å². The molecule has 1 aromatic heterocycles. The summed E-state index contributed by atoms with van der Waals surface area (Å²) in [4.78, 5) is 7.44. The predicted octanol–water partition coefficient (Wildman–Crippen LogP) is 3.40. The van der Waals surface area contributed by atoms with Gasteiger partial charge in [0.2, 0.25) is 0 Å². The zero-order chi connectivity index (χ0) is 18.4. The van der Waals surface area contributed by atoms with Crippen LogP contribution < -0.4 is 10.6 Å². The highest BCUT2D eigenvalue weighted by Crippen LogP contribution is 2.17. The van der Waals surface area contributed by atoms with Crippen molar-refractivity contribution in [2.75, 3.05) is 20.1 Å². The maximum absolute atomic E-state index is 13.2. The summed E-state index contributed by atoms with van der Waals surface area (Å²) in [5, 5.41) is 7.65. The highest BCUT2D eigenvalue weighted by molar-refractivity contribution is 5.83. The van der Waals surface area contributed by atoms with E-state index in [1.807, 2.05) is 18.3 Å². The van der Waals surface area contributed by atoms with Crippen LogP contribution in [0.25, 0.3) is 10.9 Å². The minimum absolute atomic E-state index is 0.512. The molecule has 136 valence electrons. The number of H-pyrrole nitrogens is 1. The first-order chi connectivity index (χ1) is 12.7. The van der Waals surface area contributed by atoms with Crippen molar-refractivity contribution >= 4 is 16.9 Å². The molecule has 4 nitrogen and oxygen atoms in total. The van der Waals surface area contributed by atoms with Gasteiger partial charge in [0.1, 0.15) is 11.6 Å². The van der Waals surface area contributed by atoms with E-state index in [0.717, 1.165) is 24.5 Å². The zero-order valence-electron chi connectivity index (χ0n) is 14.7. The molecule has 2 aromatic carbocycles. The van der Waals surface area contributed by atoms with Gasteiger partial charge in [-0.3, -0.25) is 4.99 Å². The Morgan fingerprint density at radius 1 is 1.00 bits per heavy atom. The summed E-state index contributed by atoms with van der Waals surface area (Å²) in [7, 11) is 1.70. The molecule has 0 saturated carbocycles. The topological polar surface area (TPSA) is 52.2 Å². The van der Waals surface area contributed by atoms with Gasteiger partial charge in [-0.05, 0) is 42.2 Å². The van der Waals surface area contributed by atoms with Gasteiger partial charge >= 0.3 is 0 Å². The number of guanidine groups is 1. The van der Waals surface area contributed by atoms with Crippen LogP contribution in [0.2, 0.25) is 0 Å². The number of nitrogens with zero attached hydrogens (tertiary/aromatic N) is 1. The Morgan fingerprint density at radius 3 is 2.42 bits per heavy atom. The lowest BCUT2D eigenvalue weighted by Crippen LogP contribution is -2.39. The average Bonchev–Trinajstić information content (AvgIpc) is 3.03. The van der Waals surface area contributed by atoms with Gasteiger partial charge in [0.15, 0.2) is 5.96 Å². The first-order valence-corrected chi connectivity index (χ1v) is 8.60. The SMILES string of the molecule is CN=C(NCCc1cc(F)cc(F)c1)NCCc1c[nH]c2ccccc12. The molecule has 3 rings (SSSR count). The molecule has 0 unspecified atom stereocenters. The van der Waals surface area contributed by atoms with E-state index in [0.29, 0.717) is 24.5 Å². The third-order valence-electron chi connectivity index (χ3n) is 4.21. The fraction of sp³-hybridized carbons (Fsp3) is 0.250. The molecule has 0 radical (unpaired) electrons. The number of fused-ring (bicyclic) bond motifs is 1. The largest absolute Gasteiger partial charge is 0.361 e. The Kier molecular flexibility index (Phi) is 5.84. The van der Waals surface area contributed by atoms with Crippen molar-refractivity contribution in [3.05, 3.63) is 71.4 Å². The number of nitrogens with one attached hydrogen (secondary N) is 3. The number of aromatic nitrogens is 1. The Morgan fingerprint density at radius 2 is 1.69 bits per heavy atom. The van der Waals surface area contributed by atoms with Gasteiger partial charge in [-0.1, -0.05) is 18.2 Å². The monoisotopic (exact) mass is 356 g/mol. The molecule has 0 fully saturated rings. The second-order valence-electron chi connectivity index (χ2n) is 6.06. The van der Waals surface area contributed by atoms with E-state index < -0.39 is 11.6 Å². The number of benzene rings is 2. The molecule has 0 aliphatic rings. The van der Waals surface area contributed by atoms with Gasteiger partial charge in [0, 0.05) is 43.3 Å². The minimum Gasteiger partial charge on any atom is -0.361 e. The molecule has 0 spiro atoms. The van der Waals surface area contributed by atoms with Gasteiger partial charge < -0.3 is 15.6 Å². The number of hydrogen-bond donors (Lipinski definition) is 3. The van der Waals surface area contributed by atoms with Crippen molar-refractivity contribution in [1.82, 2.24) is 15.6 Å². The molecular weight excluding hydrogens is 334 g/mol. The van der Waals surface area contributed by atoms with Crippen LogP contribution in [0.3, 0.4) is 0 Å². The van der Waals surface area contributed by atoms with Gasteiger partial charge in [-0.25, -0.2) is 8.78 Å². The predicted molar refractivity (Wildman–Crippen MR) is 101 cm³/mol. The van der Waals surface area contributed by atoms with Crippen molar-refractivity contribution in [3.8, 4) is 0 Å². The molecular formula is C20H22F2N4. The molecule has 26 heavy (non-hydrogen) atoms. The number of hydrogen-bond acceptors (Lipinski definition) is 1. The third-order valence-corrected chi connectivity index (χ3v) is 4.21. The van der Waals surface area contributed by atoms with Crippen molar-refractivity contribution in [2.24, 2.45) is 4.99 Å². The summed E-state index contributed by atoms with van der Waals surface area (Å²) < 4.78 is 26.4. The van der Waals surface area contributed by atoms with Crippen LogP contribution in [0, 0.1) is 11.6 Å². The van der Waals surface area contributed by atoms with Crippen LogP contribution in [0.15, 0.2) is 53.7 Å². The molecule has 3 N–H and O–H groups in total. The maximum atomic E-state index is 13.2. The van der Waals surface area contributed by atoms with Gasteiger partial charge in [0.25, 0.3) is 0 Å². The molecule has 3 aromatic rings. The van der Waals surface area contributed by atoms with E-state index in [4.69, 9.17) is 0 Å². The van der Waals surface area contributed by atoms with Crippen LogP contribution in [-0.2, 0) is 12.8 Å². The number of aromatic amines is 1. The van der Waals surface area contributed by atoms with E-state index in [1.54, 1.807) is 7.05 Å². The molecule has 0 bridgehead atoms. The standard InChI is InChI=1S/C20H22F2N4/c1-23-20(24-8-6-14-10-16(21)12-17(22)11-14)25-9-7-15-13-26-19-5-3-2-4-18(15)19/h2-5,10-13,26H,6-9H2,1H3,(H2,23,24,25). The summed E-state index contributed by atoms with van der Waals surface area (Å²) in [5.74, 6) is -0.441. The summed E-state index contributed by atoms with van der Waals surface area (Å²) >= 11 is 0. The van der Waals surface area contributed by atoms with Crippen LogP contribution in [0.1, 0.15) is 11.1 Å². The Bertz CT molecular complexity index is 881. The summed E-state index contributed by atoms with van der Waals surface area (Å²) in [5.41, 5.74) is 3.00. The van der Waals surface area contributed by atoms with E-state index in [-0.39, 0.29) is 0 Å². The number of rotatable bonds is 6. The zero-order valence-corrected chi connectivity index (χ0v) is 14.7. The van der Waals surface area contributed by atoms with E-state index in [1.165, 1.54) is 23.1 Å². The summed E-state index contributed by atoms with van der Waals surface area (Å²) in [6, 6.07) is 11.8. The third kappa shape index (κ3) is 4.59. The second-order valence-corrected chi connectivity index (χ2v) is 6.06. The van der Waals surface area contributed by atoms with E-state index in [9.17, 15) is 8.78 Å².